The van der Waals surface area contributed by atoms with Crippen molar-refractivity contribution in [3.05, 3.63) is 42.5 Å². The van der Waals surface area contributed by atoms with Gasteiger partial charge in [-0.2, -0.15) is 0 Å². The molecule has 0 amide bonds. The van der Waals surface area contributed by atoms with Gasteiger partial charge < -0.3 is 10.1 Å². The van der Waals surface area contributed by atoms with E-state index in [0.717, 1.165) is 17.7 Å². The van der Waals surface area contributed by atoms with Gasteiger partial charge in [0.1, 0.15) is 5.75 Å². The van der Waals surface area contributed by atoms with Crippen molar-refractivity contribution in [2.45, 2.75) is 19.4 Å². The van der Waals surface area contributed by atoms with E-state index in [1.54, 1.807) is 0 Å². The molecule has 82 valence electrons. The molecule has 0 aliphatic rings. The zero-order valence-electron chi connectivity index (χ0n) is 9.49. The van der Waals surface area contributed by atoms with Crippen molar-refractivity contribution in [3.63, 3.8) is 0 Å². The van der Waals surface area contributed by atoms with Gasteiger partial charge >= 0.3 is 0 Å². The van der Waals surface area contributed by atoms with Crippen LogP contribution in [0.25, 0.3) is 0 Å². The van der Waals surface area contributed by atoms with E-state index in [9.17, 15) is 0 Å². The van der Waals surface area contributed by atoms with Crippen LogP contribution in [0.5, 0.6) is 5.75 Å². The molecule has 0 fully saturated rings. The fraction of sp³-hybridized carbons (Fsp3) is 0.385. The lowest BCUT2D eigenvalue weighted by Gasteiger charge is -2.16. The highest BCUT2D eigenvalue weighted by Gasteiger charge is 2.05. The van der Waals surface area contributed by atoms with E-state index in [1.807, 2.05) is 44.3 Å². The summed E-state index contributed by atoms with van der Waals surface area (Å²) in [5.41, 5.74) is 1.15. The Hall–Kier alpha value is -1.28. The van der Waals surface area contributed by atoms with E-state index in [4.69, 9.17) is 4.74 Å². The Morgan fingerprint density at radius 2 is 2.07 bits per heavy atom. The van der Waals surface area contributed by atoms with E-state index in [0.29, 0.717) is 12.6 Å². The molecule has 0 aromatic heterocycles. The molecule has 2 heteroatoms. The van der Waals surface area contributed by atoms with Crippen molar-refractivity contribution in [2.75, 3.05) is 13.7 Å². The van der Waals surface area contributed by atoms with Gasteiger partial charge in [0.25, 0.3) is 0 Å². The molecule has 0 heterocycles. The molecule has 2 nitrogen and oxygen atoms in total. The number of likely N-dealkylation sites (N-methyl/N-ethyl adjacent to an activating group) is 1. The maximum Gasteiger partial charge on any atom is 0.119 e. The van der Waals surface area contributed by atoms with Crippen molar-refractivity contribution < 1.29 is 4.74 Å². The van der Waals surface area contributed by atoms with Crippen LogP contribution in [0.3, 0.4) is 0 Å². The van der Waals surface area contributed by atoms with Gasteiger partial charge in [0, 0.05) is 12.5 Å². The minimum atomic E-state index is 0.341. The van der Waals surface area contributed by atoms with Gasteiger partial charge in [-0.05, 0) is 26.1 Å². The Bertz CT molecular complexity index is 295. The maximum absolute atomic E-state index is 5.61. The molecule has 1 atom stereocenters. The molecule has 0 aliphatic heterocycles. The summed E-state index contributed by atoms with van der Waals surface area (Å²) >= 11 is 0. The molecule has 0 bridgehead atoms. The van der Waals surface area contributed by atoms with E-state index in [2.05, 4.69) is 11.9 Å². The van der Waals surface area contributed by atoms with Gasteiger partial charge in [-0.15, -0.1) is 0 Å². The molecule has 0 saturated heterocycles. The molecule has 1 N–H and O–H groups in total. The molecule has 1 aromatic carbocycles. The summed E-state index contributed by atoms with van der Waals surface area (Å²) < 4.78 is 5.61. The fourth-order valence-electron chi connectivity index (χ4n) is 1.45. The van der Waals surface area contributed by atoms with Gasteiger partial charge in [-0.1, -0.05) is 30.4 Å². The predicted molar refractivity (Wildman–Crippen MR) is 64.2 cm³/mol. The highest BCUT2D eigenvalue weighted by molar-refractivity contribution is 5.20. The van der Waals surface area contributed by atoms with Crippen LogP contribution < -0.4 is 10.1 Å². The van der Waals surface area contributed by atoms with Crippen LogP contribution in [0.4, 0.5) is 0 Å². The van der Waals surface area contributed by atoms with Gasteiger partial charge in [0.15, 0.2) is 0 Å². The first-order chi connectivity index (χ1) is 7.24. The Morgan fingerprint density at radius 1 is 1.40 bits per heavy atom. The Labute approximate surface area is 92.0 Å². The van der Waals surface area contributed by atoms with Gasteiger partial charge in [0.2, 0.25) is 0 Å². The van der Waals surface area contributed by atoms with Gasteiger partial charge in [-0.25, -0.2) is 0 Å². The molecule has 1 aromatic rings. The average Bonchev–Trinajstić information content (AvgIpc) is 2.25. The Balaban J connectivity index is 2.30. The summed E-state index contributed by atoms with van der Waals surface area (Å²) in [6, 6.07) is 10.2. The number of benzene rings is 1. The van der Waals surface area contributed by atoms with Crippen LogP contribution in [0.2, 0.25) is 0 Å². The monoisotopic (exact) mass is 205 g/mol. The highest BCUT2D eigenvalue weighted by Crippen LogP contribution is 2.10. The van der Waals surface area contributed by atoms with E-state index in [1.165, 1.54) is 0 Å². The Kier molecular flexibility index (Phi) is 4.91. The number of rotatable bonds is 6. The summed E-state index contributed by atoms with van der Waals surface area (Å²) in [7, 11) is 1.95. The first kappa shape index (κ1) is 11.8. The second-order valence-electron chi connectivity index (χ2n) is 3.64. The molecule has 0 saturated carbocycles. The van der Waals surface area contributed by atoms with Gasteiger partial charge in [-0.3, -0.25) is 0 Å². The molecule has 1 unspecified atom stereocenters. The third-order valence-electron chi connectivity index (χ3n) is 2.36. The minimum absolute atomic E-state index is 0.341. The molecule has 1 rings (SSSR count). The molecule has 0 aliphatic carbocycles. The van der Waals surface area contributed by atoms with E-state index < -0.39 is 0 Å². The third-order valence-corrected chi connectivity index (χ3v) is 2.36. The molecular formula is C13H19NO. The largest absolute Gasteiger partial charge is 0.494 e. The predicted octanol–water partition coefficient (Wildman–Crippen LogP) is 2.62. The lowest BCUT2D eigenvalue weighted by atomic mass is 10.1. The summed E-state index contributed by atoms with van der Waals surface area (Å²) in [6.07, 6.45) is 0.945. The topological polar surface area (TPSA) is 21.3 Å². The maximum atomic E-state index is 5.61. The number of hydrogen-bond donors (Lipinski definition) is 1. The second kappa shape index (κ2) is 6.25. The number of nitrogens with one attached hydrogen (secondary N) is 1. The summed E-state index contributed by atoms with van der Waals surface area (Å²) in [4.78, 5) is 0. The SMILES string of the molecule is C=C(C)C(CCOc1ccccc1)NC. The van der Waals surface area contributed by atoms with Crippen LogP contribution >= 0.6 is 0 Å². The number of ether oxygens (including phenoxy) is 1. The first-order valence-electron chi connectivity index (χ1n) is 5.24. The van der Waals surface area contributed by atoms with E-state index >= 15 is 0 Å². The lowest BCUT2D eigenvalue weighted by molar-refractivity contribution is 0.297. The van der Waals surface area contributed by atoms with Crippen LogP contribution in [0.15, 0.2) is 42.5 Å². The van der Waals surface area contributed by atoms with Crippen LogP contribution in [-0.2, 0) is 0 Å². The summed E-state index contributed by atoms with van der Waals surface area (Å²) in [5, 5.41) is 3.21. The standard InChI is InChI=1S/C13H19NO/c1-11(2)13(14-3)9-10-15-12-7-5-4-6-8-12/h4-8,13-14H,1,9-10H2,2-3H3. The number of para-hydroxylation sites is 1. The third kappa shape index (κ3) is 4.17. The van der Waals surface area contributed by atoms with Gasteiger partial charge in [0.05, 0.1) is 6.61 Å². The highest BCUT2D eigenvalue weighted by atomic mass is 16.5. The smallest absolute Gasteiger partial charge is 0.119 e. The fourth-order valence-corrected chi connectivity index (χ4v) is 1.45. The summed E-state index contributed by atoms with van der Waals surface area (Å²) in [5.74, 6) is 0.925. The van der Waals surface area contributed by atoms with E-state index in [-0.39, 0.29) is 0 Å². The summed E-state index contributed by atoms with van der Waals surface area (Å²) in [6.45, 7) is 6.68. The molecule has 15 heavy (non-hydrogen) atoms. The molecular weight excluding hydrogens is 186 g/mol. The zero-order chi connectivity index (χ0) is 11.1. The van der Waals surface area contributed by atoms with Crippen molar-refractivity contribution in [3.8, 4) is 5.75 Å². The average molecular weight is 205 g/mol. The van der Waals surface area contributed by atoms with Crippen molar-refractivity contribution in [1.29, 1.82) is 0 Å². The lowest BCUT2D eigenvalue weighted by Crippen LogP contribution is -2.27. The molecule has 0 radical (unpaired) electrons. The second-order valence-corrected chi connectivity index (χ2v) is 3.64. The van der Waals surface area contributed by atoms with Crippen molar-refractivity contribution in [2.24, 2.45) is 0 Å². The number of hydrogen-bond acceptors (Lipinski definition) is 2. The van der Waals surface area contributed by atoms with Crippen LogP contribution in [0, 0.1) is 0 Å². The quantitative estimate of drug-likeness (QED) is 0.721. The van der Waals surface area contributed by atoms with Crippen molar-refractivity contribution in [1.82, 2.24) is 5.32 Å². The minimum Gasteiger partial charge on any atom is -0.494 e. The molecule has 0 spiro atoms. The van der Waals surface area contributed by atoms with Crippen LogP contribution in [-0.4, -0.2) is 19.7 Å². The first-order valence-corrected chi connectivity index (χ1v) is 5.24. The Morgan fingerprint density at radius 3 is 2.60 bits per heavy atom. The zero-order valence-corrected chi connectivity index (χ0v) is 9.49. The van der Waals surface area contributed by atoms with Crippen LogP contribution in [0.1, 0.15) is 13.3 Å². The van der Waals surface area contributed by atoms with Crippen molar-refractivity contribution >= 4 is 0 Å². The normalized spacial score (nSPS) is 12.1.